The molecule has 1 aromatic rings. The molecule has 0 saturated carbocycles. The summed E-state index contributed by atoms with van der Waals surface area (Å²) < 4.78 is 0. The number of aryl methyl sites for hydroxylation is 1. The van der Waals surface area contributed by atoms with E-state index in [1.54, 1.807) is 0 Å². The summed E-state index contributed by atoms with van der Waals surface area (Å²) in [4.78, 5) is 12.9. The molecule has 1 aromatic heterocycles. The molecule has 0 bridgehead atoms. The highest BCUT2D eigenvalue weighted by Crippen LogP contribution is 2.13. The lowest BCUT2D eigenvalue weighted by molar-refractivity contribution is 0.302. The van der Waals surface area contributed by atoms with Gasteiger partial charge in [0, 0.05) is 37.1 Å². The van der Waals surface area contributed by atoms with Gasteiger partial charge < -0.3 is 15.5 Å². The minimum Gasteiger partial charge on any atom is -0.357 e. The topological polar surface area (TPSA) is 52.6 Å². The van der Waals surface area contributed by atoms with Crippen LogP contribution in [0.4, 0.5) is 0 Å². The molecule has 5 nitrogen and oxygen atoms in total. The van der Waals surface area contributed by atoms with Gasteiger partial charge in [0.05, 0.1) is 5.01 Å². The predicted molar refractivity (Wildman–Crippen MR) is 117 cm³/mol. The van der Waals surface area contributed by atoms with Crippen LogP contribution in [0.1, 0.15) is 44.0 Å². The van der Waals surface area contributed by atoms with Crippen molar-refractivity contribution >= 4 is 41.3 Å². The average Bonchev–Trinajstić information content (AvgIpc) is 3.03. The Kier molecular flexibility index (Phi) is 14.6. The third kappa shape index (κ3) is 9.78. The van der Waals surface area contributed by atoms with E-state index in [4.69, 9.17) is 0 Å². The Balaban J connectivity index is 0.00000529. The molecule has 0 fully saturated rings. The zero-order chi connectivity index (χ0) is 16.9. The van der Waals surface area contributed by atoms with Crippen LogP contribution in [-0.2, 0) is 12.8 Å². The first-order chi connectivity index (χ1) is 11.2. The number of rotatable bonds is 11. The summed E-state index contributed by atoms with van der Waals surface area (Å²) in [6, 6.07) is 0. The fourth-order valence-electron chi connectivity index (χ4n) is 2.28. The van der Waals surface area contributed by atoms with Crippen LogP contribution in [0.2, 0.25) is 0 Å². The van der Waals surface area contributed by atoms with E-state index in [0.717, 1.165) is 64.5 Å². The molecule has 140 valence electrons. The standard InChI is InChI=1S/C17H33N5S.HI/c1-5-15-14-21-16(23-15)10-12-20-17(18-6-2)19-11-9-13-22(7-3)8-4;/h14H,5-13H2,1-4H3,(H2,18,19,20);1H. The second-order valence-corrected chi connectivity index (χ2v) is 6.59. The molecule has 0 unspecified atom stereocenters. The summed E-state index contributed by atoms with van der Waals surface area (Å²) in [5.41, 5.74) is 0. The highest BCUT2D eigenvalue weighted by atomic mass is 127. The number of aromatic nitrogens is 1. The fraction of sp³-hybridized carbons (Fsp3) is 0.765. The predicted octanol–water partition coefficient (Wildman–Crippen LogP) is 3.15. The Bertz CT molecular complexity index is 446. The molecule has 2 N–H and O–H groups in total. The van der Waals surface area contributed by atoms with Gasteiger partial charge in [-0.15, -0.1) is 35.3 Å². The van der Waals surface area contributed by atoms with Crippen LogP contribution in [0.15, 0.2) is 11.2 Å². The van der Waals surface area contributed by atoms with E-state index in [0.29, 0.717) is 0 Å². The molecule has 0 spiro atoms. The lowest BCUT2D eigenvalue weighted by atomic mass is 10.3. The van der Waals surface area contributed by atoms with Crippen molar-refractivity contribution in [1.29, 1.82) is 0 Å². The molecule has 0 aliphatic rings. The van der Waals surface area contributed by atoms with Gasteiger partial charge in [-0.2, -0.15) is 0 Å². The van der Waals surface area contributed by atoms with Crippen molar-refractivity contribution in [2.45, 2.75) is 47.0 Å². The second-order valence-electron chi connectivity index (χ2n) is 5.39. The number of nitrogens with zero attached hydrogens (tertiary/aromatic N) is 3. The van der Waals surface area contributed by atoms with E-state index in [1.807, 2.05) is 17.5 Å². The Morgan fingerprint density at radius 3 is 2.54 bits per heavy atom. The quantitative estimate of drug-likeness (QED) is 0.227. The number of thiazole rings is 1. The number of hydrogen-bond donors (Lipinski definition) is 2. The number of hydrogen-bond acceptors (Lipinski definition) is 4. The van der Waals surface area contributed by atoms with Crippen LogP contribution in [0.25, 0.3) is 0 Å². The van der Waals surface area contributed by atoms with Crippen molar-refractivity contribution in [2.24, 2.45) is 4.99 Å². The summed E-state index contributed by atoms with van der Waals surface area (Å²) >= 11 is 1.81. The summed E-state index contributed by atoms with van der Waals surface area (Å²) in [5, 5.41) is 7.91. The third-order valence-electron chi connectivity index (χ3n) is 3.72. The van der Waals surface area contributed by atoms with Crippen molar-refractivity contribution in [2.75, 3.05) is 39.3 Å². The van der Waals surface area contributed by atoms with Gasteiger partial charge in [0.25, 0.3) is 0 Å². The van der Waals surface area contributed by atoms with E-state index < -0.39 is 0 Å². The van der Waals surface area contributed by atoms with Gasteiger partial charge in [0.15, 0.2) is 5.96 Å². The van der Waals surface area contributed by atoms with E-state index in [2.05, 4.69) is 53.2 Å². The maximum Gasteiger partial charge on any atom is 0.191 e. The highest BCUT2D eigenvalue weighted by Gasteiger charge is 2.02. The minimum absolute atomic E-state index is 0. The second kappa shape index (κ2) is 14.9. The molecule has 0 radical (unpaired) electrons. The molecule has 0 saturated heterocycles. The Labute approximate surface area is 168 Å². The Hall–Kier alpha value is -0.410. The summed E-state index contributed by atoms with van der Waals surface area (Å²) in [7, 11) is 0. The van der Waals surface area contributed by atoms with Gasteiger partial charge in [-0.25, -0.2) is 4.98 Å². The smallest absolute Gasteiger partial charge is 0.191 e. The first-order valence-electron chi connectivity index (χ1n) is 8.91. The maximum atomic E-state index is 4.66. The van der Waals surface area contributed by atoms with E-state index in [1.165, 1.54) is 9.88 Å². The monoisotopic (exact) mass is 467 g/mol. The number of halogens is 1. The summed E-state index contributed by atoms with van der Waals surface area (Å²) in [5.74, 6) is 0.916. The minimum atomic E-state index is 0. The van der Waals surface area contributed by atoms with Crippen molar-refractivity contribution in [3.63, 3.8) is 0 Å². The normalized spacial score (nSPS) is 11.5. The maximum absolute atomic E-state index is 4.66. The molecule has 0 aliphatic heterocycles. The average molecular weight is 467 g/mol. The zero-order valence-corrected chi connectivity index (χ0v) is 18.7. The van der Waals surface area contributed by atoms with Gasteiger partial charge >= 0.3 is 0 Å². The van der Waals surface area contributed by atoms with Crippen molar-refractivity contribution in [1.82, 2.24) is 20.5 Å². The van der Waals surface area contributed by atoms with Gasteiger partial charge in [0.2, 0.25) is 0 Å². The molecule has 1 rings (SSSR count). The molecule has 1 heterocycles. The Morgan fingerprint density at radius 1 is 1.21 bits per heavy atom. The summed E-state index contributed by atoms with van der Waals surface area (Å²) in [6.07, 6.45) is 5.12. The van der Waals surface area contributed by atoms with E-state index in [-0.39, 0.29) is 24.0 Å². The molecule has 0 aliphatic carbocycles. The highest BCUT2D eigenvalue weighted by molar-refractivity contribution is 14.0. The third-order valence-corrected chi connectivity index (χ3v) is 4.92. The molecule has 0 amide bonds. The lowest BCUT2D eigenvalue weighted by Gasteiger charge is -2.17. The number of nitrogens with one attached hydrogen (secondary N) is 2. The first kappa shape index (κ1) is 23.6. The van der Waals surface area contributed by atoms with Crippen molar-refractivity contribution in [3.8, 4) is 0 Å². The van der Waals surface area contributed by atoms with Gasteiger partial charge in [-0.1, -0.05) is 20.8 Å². The van der Waals surface area contributed by atoms with Crippen LogP contribution < -0.4 is 10.6 Å². The first-order valence-corrected chi connectivity index (χ1v) is 9.73. The van der Waals surface area contributed by atoms with Crippen LogP contribution in [0.5, 0.6) is 0 Å². The van der Waals surface area contributed by atoms with Gasteiger partial charge in [0.1, 0.15) is 0 Å². The van der Waals surface area contributed by atoms with E-state index >= 15 is 0 Å². The van der Waals surface area contributed by atoms with E-state index in [9.17, 15) is 0 Å². The largest absolute Gasteiger partial charge is 0.357 e. The number of aliphatic imine (C=N–C) groups is 1. The lowest BCUT2D eigenvalue weighted by Crippen LogP contribution is -2.38. The van der Waals surface area contributed by atoms with Crippen molar-refractivity contribution < 1.29 is 0 Å². The zero-order valence-electron chi connectivity index (χ0n) is 15.6. The SMILES string of the molecule is CCNC(=NCCCN(CC)CC)NCCc1ncc(CC)s1.I. The van der Waals surface area contributed by atoms with Gasteiger partial charge in [-0.05, 0) is 39.4 Å². The Morgan fingerprint density at radius 2 is 1.96 bits per heavy atom. The van der Waals surface area contributed by atoms with Crippen molar-refractivity contribution in [3.05, 3.63) is 16.1 Å². The molecule has 7 heteroatoms. The van der Waals surface area contributed by atoms with Crippen LogP contribution in [0, 0.1) is 0 Å². The van der Waals surface area contributed by atoms with Crippen LogP contribution in [-0.4, -0.2) is 55.1 Å². The van der Waals surface area contributed by atoms with Crippen LogP contribution in [0.3, 0.4) is 0 Å². The molecule has 24 heavy (non-hydrogen) atoms. The molecular formula is C17H34IN5S. The van der Waals surface area contributed by atoms with Crippen LogP contribution >= 0.6 is 35.3 Å². The molecule has 0 atom stereocenters. The molecule has 0 aromatic carbocycles. The summed E-state index contributed by atoms with van der Waals surface area (Å²) in [6.45, 7) is 14.7. The van der Waals surface area contributed by atoms with Gasteiger partial charge in [-0.3, -0.25) is 4.99 Å². The molecular weight excluding hydrogens is 433 g/mol. The number of guanidine groups is 1. The fourth-order valence-corrected chi connectivity index (χ4v) is 3.14.